The van der Waals surface area contributed by atoms with Crippen molar-refractivity contribution in [3.63, 3.8) is 0 Å². The molecule has 3 aliphatic heterocycles. The summed E-state index contributed by atoms with van der Waals surface area (Å²) >= 11 is 8.61. The summed E-state index contributed by atoms with van der Waals surface area (Å²) in [6.45, 7) is 18.4. The van der Waals surface area contributed by atoms with Crippen LogP contribution in [0.25, 0.3) is 21.6 Å². The summed E-state index contributed by atoms with van der Waals surface area (Å²) < 4.78 is 46.7. The molecular weight excluding hydrogens is 826 g/mol. The predicted molar refractivity (Wildman–Crippen MR) is 231 cm³/mol. The van der Waals surface area contributed by atoms with E-state index in [1.165, 1.54) is 11.3 Å². The van der Waals surface area contributed by atoms with Crippen molar-refractivity contribution in [2.45, 2.75) is 109 Å². The van der Waals surface area contributed by atoms with Gasteiger partial charge in [0.2, 0.25) is 21.8 Å². The SMILES string of the molecule is C=C[C@@H]1C[C@]1(CC(=O)[C@@H]1C[C@@H](Oc2cc(-c3nc(C(C)C)cs3)nc3c(Cl)c(OCCN4CCOCC4)ccc23)[C@H]2CC[C@H](C(C)(C)C)C(=O)N21)C(=O)NS(=O)(=O)C1CC1. The van der Waals surface area contributed by atoms with E-state index in [4.69, 9.17) is 35.8 Å². The second-order valence-corrected chi connectivity index (χ2v) is 21.7. The van der Waals surface area contributed by atoms with Crippen molar-refractivity contribution in [2.75, 3.05) is 39.5 Å². The quantitative estimate of drug-likeness (QED) is 0.161. The van der Waals surface area contributed by atoms with Gasteiger partial charge < -0.3 is 19.1 Å². The number of pyridine rings is 1. The highest BCUT2D eigenvalue weighted by molar-refractivity contribution is 7.90. The molecule has 0 spiro atoms. The van der Waals surface area contributed by atoms with Crippen molar-refractivity contribution < 1.29 is 37.0 Å². The van der Waals surface area contributed by atoms with Gasteiger partial charge in [-0.15, -0.1) is 17.9 Å². The van der Waals surface area contributed by atoms with E-state index in [-0.39, 0.29) is 47.7 Å². The first-order valence-electron chi connectivity index (χ1n) is 21.2. The van der Waals surface area contributed by atoms with Crippen molar-refractivity contribution in [3.05, 3.63) is 47.0 Å². The van der Waals surface area contributed by atoms with Crippen LogP contribution in [0.3, 0.4) is 0 Å². The molecule has 5 heterocycles. The molecule has 5 fully saturated rings. The van der Waals surface area contributed by atoms with Gasteiger partial charge in [0.25, 0.3) is 0 Å². The number of aromatic nitrogens is 2. The van der Waals surface area contributed by atoms with Gasteiger partial charge in [0, 0.05) is 55.2 Å². The zero-order valence-corrected chi connectivity index (χ0v) is 37.5. The van der Waals surface area contributed by atoms with E-state index >= 15 is 0 Å². The molecule has 324 valence electrons. The van der Waals surface area contributed by atoms with Crippen molar-refractivity contribution in [1.82, 2.24) is 24.5 Å². The molecule has 2 aliphatic carbocycles. The van der Waals surface area contributed by atoms with Gasteiger partial charge in [0.15, 0.2) is 5.78 Å². The molecule has 2 amide bonds. The van der Waals surface area contributed by atoms with Crippen LogP contribution in [0.5, 0.6) is 11.5 Å². The normalized spacial score (nSPS) is 27.2. The molecule has 1 N–H and O–H groups in total. The minimum absolute atomic E-state index is 0.111. The zero-order valence-electron chi connectivity index (χ0n) is 35.1. The van der Waals surface area contributed by atoms with Crippen molar-refractivity contribution in [2.24, 2.45) is 22.7 Å². The maximum atomic E-state index is 14.6. The van der Waals surface area contributed by atoms with Crippen LogP contribution in [0, 0.1) is 22.7 Å². The molecule has 60 heavy (non-hydrogen) atoms. The Morgan fingerprint density at radius 2 is 1.88 bits per heavy atom. The molecule has 3 aromatic rings. The molecule has 8 rings (SSSR count). The fourth-order valence-electron chi connectivity index (χ4n) is 9.18. The smallest absolute Gasteiger partial charge is 0.240 e. The highest BCUT2D eigenvalue weighted by Gasteiger charge is 2.62. The molecule has 3 saturated heterocycles. The second-order valence-electron chi connectivity index (χ2n) is 18.6. The lowest BCUT2D eigenvalue weighted by molar-refractivity contribution is -0.151. The molecule has 2 saturated carbocycles. The number of piperidine rings is 1. The number of carbonyl (C=O) groups is 3. The fourth-order valence-corrected chi connectivity index (χ4v) is 11.8. The number of rotatable bonds is 15. The summed E-state index contributed by atoms with van der Waals surface area (Å²) in [6, 6.07) is 4.28. The molecule has 16 heteroatoms. The number of Topliss-reactive ketones (excluding diaryl/α,β-unsaturated/α-hetero) is 1. The Bertz CT molecular complexity index is 2280. The number of hydrogen-bond acceptors (Lipinski definition) is 12. The number of hydrogen-bond donors (Lipinski definition) is 1. The largest absolute Gasteiger partial charge is 0.491 e. The van der Waals surface area contributed by atoms with Crippen LogP contribution in [0.15, 0.2) is 36.2 Å². The predicted octanol–water partition coefficient (Wildman–Crippen LogP) is 6.78. The summed E-state index contributed by atoms with van der Waals surface area (Å²) in [4.78, 5) is 56.8. The molecular formula is C44H56ClN5O8S2. The van der Waals surface area contributed by atoms with Crippen LogP contribution in [0.4, 0.5) is 0 Å². The number of sulfonamides is 1. The minimum atomic E-state index is -3.83. The summed E-state index contributed by atoms with van der Waals surface area (Å²) in [5, 5.41) is 3.14. The summed E-state index contributed by atoms with van der Waals surface area (Å²) in [5.74, 6) is -0.542. The number of nitrogens with zero attached hydrogens (tertiary/aromatic N) is 4. The van der Waals surface area contributed by atoms with Crippen molar-refractivity contribution >= 4 is 61.5 Å². The molecule has 1 aromatic carbocycles. The number of nitrogens with one attached hydrogen (secondary N) is 1. The van der Waals surface area contributed by atoms with Gasteiger partial charge in [0.05, 0.1) is 47.2 Å². The van der Waals surface area contributed by atoms with Gasteiger partial charge in [-0.25, -0.2) is 18.4 Å². The highest BCUT2D eigenvalue weighted by atomic mass is 35.5. The van der Waals surface area contributed by atoms with E-state index in [0.29, 0.717) is 90.1 Å². The van der Waals surface area contributed by atoms with E-state index < -0.39 is 44.8 Å². The van der Waals surface area contributed by atoms with Gasteiger partial charge in [-0.05, 0) is 61.5 Å². The third-order valence-electron chi connectivity index (χ3n) is 13.1. The van der Waals surface area contributed by atoms with Crippen molar-refractivity contribution in [3.8, 4) is 22.2 Å². The minimum Gasteiger partial charge on any atom is -0.491 e. The second kappa shape index (κ2) is 16.6. The van der Waals surface area contributed by atoms with Crippen LogP contribution in [0.1, 0.15) is 91.2 Å². The van der Waals surface area contributed by atoms with Gasteiger partial charge in [-0.3, -0.25) is 24.0 Å². The number of amides is 2. The molecule has 5 aliphatic rings. The van der Waals surface area contributed by atoms with Crippen LogP contribution < -0.4 is 14.2 Å². The number of ketones is 1. The fraction of sp³-hybridized carbons (Fsp3) is 0.614. The first-order chi connectivity index (χ1) is 28.5. The van der Waals surface area contributed by atoms with Crippen LogP contribution in [-0.4, -0.2) is 109 Å². The first-order valence-corrected chi connectivity index (χ1v) is 24.0. The Morgan fingerprint density at radius 1 is 1.13 bits per heavy atom. The number of allylic oxidation sites excluding steroid dienone is 1. The van der Waals surface area contributed by atoms with Crippen LogP contribution in [-0.2, 0) is 29.1 Å². The number of carbonyl (C=O) groups excluding carboxylic acids is 3. The standard InChI is InChI=1S/C44H56ClN5O8S2/c1-7-26-22-44(26,42(53)48-60(54,55)27-8-9-27)23-34(51)33-21-37(32-12-11-29(43(4,5)6)41(52)50(32)33)58-36-20-30(40-47-31(24-59-40)25(2)3)46-39-28(36)10-13-35(38(39)45)57-19-16-49-14-17-56-18-15-49/h7,10,13,20,24-27,29,32-33,37H,1,8-9,11-12,14-19,21-23H2,2-6H3,(H,48,53)/t26-,29+,32-,33+,37-,44-/m1/s1. The Hall–Kier alpha value is -3.63. The Labute approximate surface area is 361 Å². The van der Waals surface area contributed by atoms with Crippen LogP contribution >= 0.6 is 22.9 Å². The topological polar surface area (TPSA) is 157 Å². The summed E-state index contributed by atoms with van der Waals surface area (Å²) in [5.41, 5.74) is 0.417. The maximum absolute atomic E-state index is 14.6. The zero-order chi connectivity index (χ0) is 42.7. The Kier molecular flexibility index (Phi) is 11.9. The lowest BCUT2D eigenvalue weighted by Crippen LogP contribution is -2.55. The van der Waals surface area contributed by atoms with Crippen molar-refractivity contribution in [1.29, 1.82) is 0 Å². The maximum Gasteiger partial charge on any atom is 0.240 e. The van der Waals surface area contributed by atoms with Gasteiger partial charge in [-0.1, -0.05) is 52.3 Å². The molecule has 0 radical (unpaired) electrons. The van der Waals surface area contributed by atoms with E-state index in [1.807, 2.05) is 44.4 Å². The van der Waals surface area contributed by atoms with E-state index in [1.54, 1.807) is 11.0 Å². The Morgan fingerprint density at radius 3 is 2.53 bits per heavy atom. The lowest BCUT2D eigenvalue weighted by Gasteiger charge is -2.43. The molecule has 2 aromatic heterocycles. The summed E-state index contributed by atoms with van der Waals surface area (Å²) in [7, 11) is -3.83. The molecule has 0 unspecified atom stereocenters. The van der Waals surface area contributed by atoms with E-state index in [2.05, 4.69) is 30.0 Å². The number of fused-ring (bicyclic) bond motifs is 2. The van der Waals surface area contributed by atoms with Gasteiger partial charge in [-0.2, -0.15) is 0 Å². The number of halogens is 1. The van der Waals surface area contributed by atoms with Gasteiger partial charge in [0.1, 0.15) is 39.9 Å². The average Bonchev–Trinajstić information content (AvgIpc) is 4.10. The third-order valence-corrected chi connectivity index (χ3v) is 16.2. The Balaban J connectivity index is 1.11. The molecule has 13 nitrogen and oxygen atoms in total. The lowest BCUT2D eigenvalue weighted by atomic mass is 9.74. The number of thiazole rings is 1. The average molecular weight is 883 g/mol. The highest BCUT2D eigenvalue weighted by Crippen LogP contribution is 2.57. The molecule has 6 atom stereocenters. The number of morpholine rings is 1. The van der Waals surface area contributed by atoms with E-state index in [0.717, 1.165) is 25.3 Å². The number of benzene rings is 1. The number of ether oxygens (including phenoxy) is 3. The van der Waals surface area contributed by atoms with E-state index in [9.17, 15) is 22.8 Å². The first kappa shape index (κ1) is 43.0. The van der Waals surface area contributed by atoms with Gasteiger partial charge >= 0.3 is 0 Å². The summed E-state index contributed by atoms with van der Waals surface area (Å²) in [6.07, 6.45) is 3.59. The third kappa shape index (κ3) is 8.45. The van der Waals surface area contributed by atoms with Crippen LogP contribution in [0.2, 0.25) is 5.02 Å². The monoisotopic (exact) mass is 881 g/mol. The molecule has 0 bridgehead atoms.